The number of carbonyl (C=O) groups is 3. The Hall–Kier alpha value is -4.93. The molecule has 0 bridgehead atoms. The van der Waals surface area contributed by atoms with Gasteiger partial charge in [0.15, 0.2) is 0 Å². The molecule has 51 heavy (non-hydrogen) atoms. The highest BCUT2D eigenvalue weighted by Gasteiger charge is 2.38. The molecule has 0 unspecified atom stereocenters. The number of hydrogen-bond acceptors (Lipinski definition) is 6. The fourth-order valence-corrected chi connectivity index (χ4v) is 7.21. The molecule has 3 N–H and O–H groups in total. The van der Waals surface area contributed by atoms with E-state index in [1.807, 2.05) is 43.0 Å². The van der Waals surface area contributed by atoms with Crippen LogP contribution in [0.25, 0.3) is 33.6 Å². The van der Waals surface area contributed by atoms with Gasteiger partial charge in [-0.05, 0) is 66.2 Å². The Balaban J connectivity index is 1.12. The number of alkyl carbamates (subject to hydrolysis) is 1. The summed E-state index contributed by atoms with van der Waals surface area (Å²) in [6.45, 7) is 11.4. The van der Waals surface area contributed by atoms with Crippen LogP contribution in [-0.2, 0) is 14.3 Å². The van der Waals surface area contributed by atoms with Gasteiger partial charge in [-0.3, -0.25) is 9.59 Å². The number of rotatable bonds is 10. The van der Waals surface area contributed by atoms with Gasteiger partial charge in [0, 0.05) is 19.0 Å². The van der Waals surface area contributed by atoms with E-state index in [9.17, 15) is 14.4 Å². The summed E-state index contributed by atoms with van der Waals surface area (Å²) in [5.41, 5.74) is 6.06. The third-order valence-electron chi connectivity index (χ3n) is 10.7. The highest BCUT2D eigenvalue weighted by molar-refractivity contribution is 5.86. The van der Waals surface area contributed by atoms with E-state index < -0.39 is 12.1 Å². The van der Waals surface area contributed by atoms with Crippen molar-refractivity contribution < 1.29 is 19.1 Å². The highest BCUT2D eigenvalue weighted by atomic mass is 16.5. The van der Waals surface area contributed by atoms with Crippen molar-refractivity contribution in [2.45, 2.75) is 84.8 Å². The summed E-state index contributed by atoms with van der Waals surface area (Å²) in [7, 11) is 1.30. The summed E-state index contributed by atoms with van der Waals surface area (Å²) in [5, 5.41) is 2.70. The summed E-state index contributed by atoms with van der Waals surface area (Å²) in [5.74, 6) is 1.89. The quantitative estimate of drug-likeness (QED) is 0.157. The van der Waals surface area contributed by atoms with Gasteiger partial charge in [0.2, 0.25) is 11.8 Å². The van der Waals surface area contributed by atoms with Crippen molar-refractivity contribution in [3.8, 4) is 33.6 Å². The molecule has 4 heterocycles. The van der Waals surface area contributed by atoms with Gasteiger partial charge in [-0.1, -0.05) is 83.1 Å². The lowest BCUT2D eigenvalue weighted by Crippen LogP contribution is -2.51. The maximum atomic E-state index is 13.5. The fraction of sp³-hybridized carbons (Fsp3) is 0.475. The maximum absolute atomic E-state index is 13.5. The SMILES string of the molecule is COC(=O)N[C@H](C(=O)N1CCC[C@H]1c1ncc(-c2ccc(-c3ccc(-c4cnc([C@@H]5CCCCN5C(=O)[C@@H](C)C(C)C)[nH]4)cc3)cc2)[nH]1)C(C)C. The van der Waals surface area contributed by atoms with Crippen molar-refractivity contribution in [1.82, 2.24) is 35.1 Å². The average molecular weight is 694 g/mol. The van der Waals surface area contributed by atoms with E-state index in [2.05, 4.69) is 82.6 Å². The largest absolute Gasteiger partial charge is 0.453 e. The van der Waals surface area contributed by atoms with Gasteiger partial charge in [0.1, 0.15) is 17.7 Å². The van der Waals surface area contributed by atoms with E-state index in [-0.39, 0.29) is 35.7 Å². The van der Waals surface area contributed by atoms with Crippen LogP contribution >= 0.6 is 0 Å². The number of benzene rings is 2. The summed E-state index contributed by atoms with van der Waals surface area (Å²) in [6.07, 6.45) is 7.79. The predicted octanol–water partition coefficient (Wildman–Crippen LogP) is 7.52. The molecule has 0 spiro atoms. The molecule has 270 valence electrons. The number of methoxy groups -OCH3 is 1. The van der Waals surface area contributed by atoms with Crippen LogP contribution in [0.15, 0.2) is 60.9 Å². The highest BCUT2D eigenvalue weighted by Crippen LogP contribution is 2.35. The topological polar surface area (TPSA) is 136 Å². The molecule has 4 atom stereocenters. The Kier molecular flexibility index (Phi) is 10.9. The van der Waals surface area contributed by atoms with E-state index in [1.54, 1.807) is 0 Å². The monoisotopic (exact) mass is 693 g/mol. The molecule has 2 fully saturated rings. The van der Waals surface area contributed by atoms with E-state index in [4.69, 9.17) is 9.72 Å². The Morgan fingerprint density at radius 3 is 1.65 bits per heavy atom. The molecule has 2 aromatic carbocycles. The average Bonchev–Trinajstić information content (AvgIpc) is 3.94. The Bertz CT molecular complexity index is 1810. The number of nitrogens with zero attached hydrogens (tertiary/aromatic N) is 4. The molecule has 4 aromatic rings. The molecular weight excluding hydrogens is 642 g/mol. The normalized spacial score (nSPS) is 19.0. The Labute approximate surface area is 300 Å². The van der Waals surface area contributed by atoms with Crippen molar-refractivity contribution in [2.24, 2.45) is 17.8 Å². The standard InChI is InChI=1S/C40H51N7O4/c1-24(2)26(5)38(48)46-20-8-7-10-33(46)36-41-22-31(43-36)29-16-12-27(13-17-29)28-14-18-30(19-15-28)32-23-42-37(44-32)34-11-9-21-47(34)39(49)35(25(3)4)45-40(50)51-6/h12-19,22-26,33-35H,7-11,20-21H2,1-6H3,(H,41,43)(H,42,44)(H,45,50)/t26-,33-,34-,35-/m0/s1. The minimum atomic E-state index is -0.672. The first-order valence-electron chi connectivity index (χ1n) is 18.3. The zero-order valence-electron chi connectivity index (χ0n) is 30.6. The van der Waals surface area contributed by atoms with Crippen LogP contribution in [-0.4, -0.2) is 73.9 Å². The molecule has 11 nitrogen and oxygen atoms in total. The second-order valence-corrected chi connectivity index (χ2v) is 14.6. The number of piperidine rings is 1. The third kappa shape index (κ3) is 7.72. The van der Waals surface area contributed by atoms with Crippen molar-refractivity contribution in [3.63, 3.8) is 0 Å². The van der Waals surface area contributed by atoms with Crippen molar-refractivity contribution in [3.05, 3.63) is 72.6 Å². The predicted molar refractivity (Wildman–Crippen MR) is 197 cm³/mol. The summed E-state index contributed by atoms with van der Waals surface area (Å²) >= 11 is 0. The lowest BCUT2D eigenvalue weighted by molar-refractivity contribution is -0.140. The zero-order valence-corrected chi connectivity index (χ0v) is 30.6. The second kappa shape index (κ2) is 15.5. The number of amides is 3. The van der Waals surface area contributed by atoms with Gasteiger partial charge in [-0.15, -0.1) is 0 Å². The second-order valence-electron chi connectivity index (χ2n) is 14.6. The van der Waals surface area contributed by atoms with Gasteiger partial charge in [-0.25, -0.2) is 14.8 Å². The zero-order chi connectivity index (χ0) is 36.2. The number of aromatic amines is 2. The number of likely N-dealkylation sites (tertiary alicyclic amines) is 2. The molecule has 2 aromatic heterocycles. The third-order valence-corrected chi connectivity index (χ3v) is 10.7. The smallest absolute Gasteiger partial charge is 0.407 e. The molecule has 11 heteroatoms. The summed E-state index contributed by atoms with van der Waals surface area (Å²) in [4.78, 5) is 59.0. The first kappa shape index (κ1) is 35.9. The summed E-state index contributed by atoms with van der Waals surface area (Å²) < 4.78 is 4.75. The maximum Gasteiger partial charge on any atom is 0.407 e. The molecule has 0 saturated carbocycles. The fourth-order valence-electron chi connectivity index (χ4n) is 7.21. The minimum absolute atomic E-state index is 0.0133. The number of imidazole rings is 2. The van der Waals surface area contributed by atoms with Gasteiger partial charge >= 0.3 is 6.09 Å². The van der Waals surface area contributed by atoms with Crippen LogP contribution in [0.5, 0.6) is 0 Å². The van der Waals surface area contributed by atoms with Crippen LogP contribution in [0, 0.1) is 17.8 Å². The van der Waals surface area contributed by atoms with Crippen LogP contribution in [0.1, 0.15) is 90.5 Å². The lowest BCUT2D eigenvalue weighted by Gasteiger charge is -2.37. The van der Waals surface area contributed by atoms with E-state index in [1.165, 1.54) is 7.11 Å². The molecule has 3 amide bonds. The van der Waals surface area contributed by atoms with E-state index in [0.717, 1.165) is 83.9 Å². The first-order chi connectivity index (χ1) is 24.5. The van der Waals surface area contributed by atoms with Crippen molar-refractivity contribution >= 4 is 17.9 Å². The lowest BCUT2D eigenvalue weighted by atomic mass is 9.93. The van der Waals surface area contributed by atoms with Gasteiger partial charge in [0.25, 0.3) is 0 Å². The van der Waals surface area contributed by atoms with Crippen LogP contribution in [0.4, 0.5) is 4.79 Å². The van der Waals surface area contributed by atoms with Crippen LogP contribution in [0.2, 0.25) is 0 Å². The Morgan fingerprint density at radius 1 is 0.686 bits per heavy atom. The number of nitrogens with one attached hydrogen (secondary N) is 3. The van der Waals surface area contributed by atoms with Gasteiger partial charge in [-0.2, -0.15) is 0 Å². The molecule has 0 aliphatic carbocycles. The number of aromatic nitrogens is 4. The molecule has 2 saturated heterocycles. The number of H-pyrrole nitrogens is 2. The minimum Gasteiger partial charge on any atom is -0.453 e. The molecule has 6 rings (SSSR count). The van der Waals surface area contributed by atoms with Crippen molar-refractivity contribution in [2.75, 3.05) is 20.2 Å². The number of hydrogen-bond donors (Lipinski definition) is 3. The van der Waals surface area contributed by atoms with E-state index in [0.29, 0.717) is 12.5 Å². The Morgan fingerprint density at radius 2 is 1.16 bits per heavy atom. The number of ether oxygens (including phenoxy) is 1. The van der Waals surface area contributed by atoms with E-state index >= 15 is 0 Å². The van der Waals surface area contributed by atoms with Crippen LogP contribution in [0.3, 0.4) is 0 Å². The molecule has 0 radical (unpaired) electrons. The molecule has 2 aliphatic heterocycles. The molecule has 2 aliphatic rings. The van der Waals surface area contributed by atoms with Crippen molar-refractivity contribution in [1.29, 1.82) is 0 Å². The van der Waals surface area contributed by atoms with Crippen LogP contribution < -0.4 is 5.32 Å². The van der Waals surface area contributed by atoms with Gasteiger partial charge < -0.3 is 29.8 Å². The first-order valence-corrected chi connectivity index (χ1v) is 18.3. The number of carbonyl (C=O) groups excluding carboxylic acids is 3. The summed E-state index contributed by atoms with van der Waals surface area (Å²) in [6, 6.07) is 15.9. The van der Waals surface area contributed by atoms with Gasteiger partial charge in [0.05, 0.1) is 43.0 Å². The molecular formula is C40H51N7O4.